The highest BCUT2D eigenvalue weighted by Crippen LogP contribution is 2.31. The predicted octanol–water partition coefficient (Wildman–Crippen LogP) is 2.76. The third-order valence-corrected chi connectivity index (χ3v) is 7.34. The third kappa shape index (κ3) is 5.02. The summed E-state index contributed by atoms with van der Waals surface area (Å²) in [4.78, 5) is 12.4. The molecule has 3 rings (SSSR count). The van der Waals surface area contributed by atoms with Crippen LogP contribution in [0.25, 0.3) is 0 Å². The van der Waals surface area contributed by atoms with Gasteiger partial charge in [-0.05, 0) is 25.5 Å². The van der Waals surface area contributed by atoms with Gasteiger partial charge in [0.05, 0.1) is 16.8 Å². The molecule has 156 valence electrons. The van der Waals surface area contributed by atoms with Gasteiger partial charge >= 0.3 is 0 Å². The van der Waals surface area contributed by atoms with Crippen LogP contribution in [-0.2, 0) is 21.2 Å². The number of carbonyl (C=O) groups is 1. The first-order valence-corrected chi connectivity index (χ1v) is 11.6. The van der Waals surface area contributed by atoms with E-state index in [0.29, 0.717) is 23.9 Å². The second kappa shape index (κ2) is 8.62. The Balaban J connectivity index is 1.73. The molecule has 0 bridgehead atoms. The number of rotatable bonds is 7. The van der Waals surface area contributed by atoms with Gasteiger partial charge in [-0.15, -0.1) is 16.8 Å². The van der Waals surface area contributed by atoms with Gasteiger partial charge in [0, 0.05) is 24.2 Å². The molecule has 1 aromatic carbocycles. The predicted molar refractivity (Wildman–Crippen MR) is 107 cm³/mol. The molecular formula is C18H20F2N4O3S2. The zero-order chi connectivity index (χ0) is 21.2. The zero-order valence-corrected chi connectivity index (χ0v) is 17.3. The minimum Gasteiger partial charge on any atom is -0.325 e. The Morgan fingerprint density at radius 2 is 2.17 bits per heavy atom. The van der Waals surface area contributed by atoms with Gasteiger partial charge in [0.15, 0.2) is 26.6 Å². The number of sulfone groups is 1. The molecule has 0 aliphatic carbocycles. The number of nitrogens with one attached hydrogen (secondary N) is 1. The van der Waals surface area contributed by atoms with Crippen molar-refractivity contribution in [1.82, 2.24) is 14.8 Å². The first kappa shape index (κ1) is 21.4. The summed E-state index contributed by atoms with van der Waals surface area (Å²) in [5.74, 6) is -2.00. The number of amides is 1. The molecule has 7 nitrogen and oxygen atoms in total. The second-order valence-electron chi connectivity index (χ2n) is 6.72. The number of thioether (sulfide) groups is 1. The average molecular weight is 443 g/mol. The van der Waals surface area contributed by atoms with Crippen LogP contribution < -0.4 is 5.32 Å². The topological polar surface area (TPSA) is 93.9 Å². The maximum Gasteiger partial charge on any atom is 0.237 e. The first-order valence-electron chi connectivity index (χ1n) is 8.87. The number of halogens is 2. The summed E-state index contributed by atoms with van der Waals surface area (Å²) in [5.41, 5.74) is 0.144. The highest BCUT2D eigenvalue weighted by atomic mass is 32.2. The van der Waals surface area contributed by atoms with Gasteiger partial charge < -0.3 is 9.88 Å². The molecular weight excluding hydrogens is 422 g/mol. The molecule has 0 unspecified atom stereocenters. The Morgan fingerprint density at radius 1 is 1.41 bits per heavy atom. The van der Waals surface area contributed by atoms with Crippen molar-refractivity contribution in [2.75, 3.05) is 16.8 Å². The monoisotopic (exact) mass is 442 g/mol. The summed E-state index contributed by atoms with van der Waals surface area (Å²) in [5, 5.41) is 10.7. The summed E-state index contributed by atoms with van der Waals surface area (Å²) in [6.45, 7) is 5.73. The maximum atomic E-state index is 13.3. The number of nitrogens with zero attached hydrogens (tertiary/aromatic N) is 3. The van der Waals surface area contributed by atoms with E-state index >= 15 is 0 Å². The van der Waals surface area contributed by atoms with Crippen LogP contribution in [0.2, 0.25) is 0 Å². The molecule has 0 spiro atoms. The highest BCUT2D eigenvalue weighted by Gasteiger charge is 2.33. The van der Waals surface area contributed by atoms with Crippen molar-refractivity contribution in [3.63, 3.8) is 0 Å². The van der Waals surface area contributed by atoms with E-state index in [9.17, 15) is 22.0 Å². The minimum absolute atomic E-state index is 0.0269. The van der Waals surface area contributed by atoms with Gasteiger partial charge in [0.1, 0.15) is 5.82 Å². The highest BCUT2D eigenvalue weighted by molar-refractivity contribution is 8.00. The van der Waals surface area contributed by atoms with Crippen LogP contribution in [0.4, 0.5) is 14.5 Å². The maximum absolute atomic E-state index is 13.3. The van der Waals surface area contributed by atoms with E-state index in [2.05, 4.69) is 22.1 Å². The van der Waals surface area contributed by atoms with Gasteiger partial charge in [0.25, 0.3) is 0 Å². The van der Waals surface area contributed by atoms with Crippen molar-refractivity contribution in [3.8, 4) is 0 Å². The van der Waals surface area contributed by atoms with E-state index in [1.807, 2.05) is 0 Å². The summed E-state index contributed by atoms with van der Waals surface area (Å²) >= 11 is 1.14. The van der Waals surface area contributed by atoms with E-state index in [4.69, 9.17) is 0 Å². The molecule has 2 aromatic rings. The first-order chi connectivity index (χ1) is 13.7. The van der Waals surface area contributed by atoms with Crippen molar-refractivity contribution in [2.24, 2.45) is 0 Å². The van der Waals surface area contributed by atoms with Crippen molar-refractivity contribution in [1.29, 1.82) is 0 Å². The smallest absolute Gasteiger partial charge is 0.237 e. The average Bonchev–Trinajstić information content (AvgIpc) is 3.21. The molecule has 1 saturated heterocycles. The SMILES string of the molecule is C=CCn1c(S[C@@H](C)C(=O)Nc2ccc(F)c(F)c2)nnc1[C@@H]1CCS(=O)(=O)C1. The molecule has 1 N–H and O–H groups in total. The molecule has 1 aliphatic rings. The Kier molecular flexibility index (Phi) is 6.37. The van der Waals surface area contributed by atoms with Crippen molar-refractivity contribution in [2.45, 2.75) is 36.2 Å². The number of anilines is 1. The van der Waals surface area contributed by atoms with E-state index in [1.165, 1.54) is 6.07 Å². The molecule has 1 aliphatic heterocycles. The van der Waals surface area contributed by atoms with E-state index in [1.54, 1.807) is 17.6 Å². The third-order valence-electron chi connectivity index (χ3n) is 4.49. The minimum atomic E-state index is -3.08. The molecule has 11 heteroatoms. The van der Waals surface area contributed by atoms with Gasteiger partial charge in [-0.2, -0.15) is 0 Å². The quantitative estimate of drug-likeness (QED) is 0.524. The molecule has 1 fully saturated rings. The van der Waals surface area contributed by atoms with E-state index in [0.717, 1.165) is 23.9 Å². The molecule has 0 saturated carbocycles. The lowest BCUT2D eigenvalue weighted by atomic mass is 10.1. The van der Waals surface area contributed by atoms with E-state index < -0.39 is 32.6 Å². The number of hydrogen-bond acceptors (Lipinski definition) is 6. The van der Waals surface area contributed by atoms with Crippen LogP contribution in [0.5, 0.6) is 0 Å². The molecule has 0 radical (unpaired) electrons. The van der Waals surface area contributed by atoms with Gasteiger partial charge in [-0.3, -0.25) is 4.79 Å². The van der Waals surface area contributed by atoms with Crippen molar-refractivity contribution >= 4 is 33.2 Å². The van der Waals surface area contributed by atoms with Crippen LogP contribution in [0, 0.1) is 11.6 Å². The molecule has 2 atom stereocenters. The number of benzene rings is 1. The van der Waals surface area contributed by atoms with Crippen molar-refractivity contribution in [3.05, 3.63) is 48.3 Å². The van der Waals surface area contributed by atoms with Crippen LogP contribution >= 0.6 is 11.8 Å². The molecule has 2 heterocycles. The molecule has 29 heavy (non-hydrogen) atoms. The number of hydrogen-bond donors (Lipinski definition) is 1. The number of allylic oxidation sites excluding steroid dienone is 1. The Morgan fingerprint density at radius 3 is 2.79 bits per heavy atom. The van der Waals surface area contributed by atoms with Crippen LogP contribution in [-0.4, -0.2) is 45.8 Å². The van der Waals surface area contributed by atoms with Gasteiger partial charge in [-0.25, -0.2) is 17.2 Å². The van der Waals surface area contributed by atoms with Gasteiger partial charge in [-0.1, -0.05) is 17.8 Å². The normalized spacial score (nSPS) is 19.1. The fraction of sp³-hybridized carbons (Fsp3) is 0.389. The summed E-state index contributed by atoms with van der Waals surface area (Å²) in [6.07, 6.45) is 2.13. The lowest BCUT2D eigenvalue weighted by molar-refractivity contribution is -0.115. The van der Waals surface area contributed by atoms with Crippen LogP contribution in [0.3, 0.4) is 0 Å². The van der Waals surface area contributed by atoms with Crippen LogP contribution in [0.1, 0.15) is 25.1 Å². The largest absolute Gasteiger partial charge is 0.325 e. The Hall–Kier alpha value is -2.27. The second-order valence-corrected chi connectivity index (χ2v) is 10.3. The Bertz CT molecular complexity index is 1040. The fourth-order valence-electron chi connectivity index (χ4n) is 3.02. The number of aromatic nitrogens is 3. The lowest BCUT2D eigenvalue weighted by Crippen LogP contribution is -2.23. The van der Waals surface area contributed by atoms with E-state index in [-0.39, 0.29) is 23.1 Å². The fourth-order valence-corrected chi connectivity index (χ4v) is 5.62. The summed E-state index contributed by atoms with van der Waals surface area (Å²) in [6, 6.07) is 3.11. The number of carbonyl (C=O) groups excluding carboxylic acids is 1. The standard InChI is InChI=1S/C18H20F2N4O3S2/c1-3-7-24-16(12-6-8-29(26,27)10-12)22-23-18(24)28-11(2)17(25)21-13-4-5-14(19)15(20)9-13/h3-5,9,11-12H,1,6-8,10H2,2H3,(H,21,25)/t11-,12+/m0/s1. The Labute approximate surface area is 171 Å². The molecule has 1 amide bonds. The van der Waals surface area contributed by atoms with Crippen LogP contribution in [0.15, 0.2) is 36.0 Å². The molecule has 1 aromatic heterocycles. The van der Waals surface area contributed by atoms with Gasteiger partial charge in [0.2, 0.25) is 5.91 Å². The van der Waals surface area contributed by atoms with Crippen molar-refractivity contribution < 1.29 is 22.0 Å². The lowest BCUT2D eigenvalue weighted by Gasteiger charge is -2.14. The summed E-state index contributed by atoms with van der Waals surface area (Å²) < 4.78 is 51.7. The summed E-state index contributed by atoms with van der Waals surface area (Å²) in [7, 11) is -3.08. The zero-order valence-electron chi connectivity index (χ0n) is 15.6.